The molecule has 3 nitrogen and oxygen atoms in total. The van der Waals surface area contributed by atoms with E-state index in [4.69, 9.17) is 10.2 Å². The van der Waals surface area contributed by atoms with Crippen LogP contribution in [0.4, 0.5) is 4.39 Å². The minimum Gasteiger partial charge on any atom is -0.448 e. The fourth-order valence-corrected chi connectivity index (χ4v) is 1.35. The molecule has 0 aliphatic carbocycles. The molecule has 0 spiro atoms. The Labute approximate surface area is 86.7 Å². The lowest BCUT2D eigenvalue weighted by Crippen LogP contribution is -1.97. The lowest BCUT2D eigenvalue weighted by Gasteiger charge is -1.96. The van der Waals surface area contributed by atoms with Crippen molar-refractivity contribution in [2.24, 2.45) is 5.73 Å². The molecule has 2 N–H and O–H groups in total. The van der Waals surface area contributed by atoms with Gasteiger partial charge < -0.3 is 10.2 Å². The first-order valence-electron chi connectivity index (χ1n) is 4.65. The summed E-state index contributed by atoms with van der Waals surface area (Å²) in [5.41, 5.74) is 6.94. The Morgan fingerprint density at radius 1 is 1.40 bits per heavy atom. The summed E-state index contributed by atoms with van der Waals surface area (Å²) in [5.74, 6) is 0.305. The van der Waals surface area contributed by atoms with Crippen LogP contribution >= 0.6 is 0 Å². The zero-order valence-electron chi connectivity index (χ0n) is 8.11. The molecule has 1 aromatic carbocycles. The van der Waals surface area contributed by atoms with Gasteiger partial charge in [0, 0.05) is 13.0 Å². The Kier molecular flexibility index (Phi) is 2.78. The monoisotopic (exact) mass is 206 g/mol. The van der Waals surface area contributed by atoms with Crippen molar-refractivity contribution in [2.75, 3.05) is 0 Å². The van der Waals surface area contributed by atoms with Gasteiger partial charge in [0.15, 0.2) is 5.89 Å². The summed E-state index contributed by atoms with van der Waals surface area (Å²) in [4.78, 5) is 4.14. The minimum atomic E-state index is -0.252. The molecule has 2 rings (SSSR count). The standard InChI is InChI=1S/C11H11FN2O/c12-9-3-1-2-8(4-9)5-11-14-10(6-13)7-15-11/h1-4,7H,5-6,13H2. The predicted molar refractivity (Wildman–Crippen MR) is 53.6 cm³/mol. The van der Waals surface area contributed by atoms with Crippen molar-refractivity contribution in [1.82, 2.24) is 4.98 Å². The van der Waals surface area contributed by atoms with Crippen molar-refractivity contribution in [1.29, 1.82) is 0 Å². The van der Waals surface area contributed by atoms with Crippen LogP contribution < -0.4 is 5.73 Å². The second-order valence-corrected chi connectivity index (χ2v) is 3.24. The van der Waals surface area contributed by atoms with Gasteiger partial charge in [0.1, 0.15) is 12.1 Å². The molecule has 15 heavy (non-hydrogen) atoms. The summed E-state index contributed by atoms with van der Waals surface area (Å²) in [6, 6.07) is 6.36. The number of hydrogen-bond donors (Lipinski definition) is 1. The van der Waals surface area contributed by atoms with E-state index >= 15 is 0 Å². The highest BCUT2D eigenvalue weighted by atomic mass is 19.1. The lowest BCUT2D eigenvalue weighted by atomic mass is 10.1. The maximum Gasteiger partial charge on any atom is 0.198 e. The molecule has 0 fully saturated rings. The number of nitrogens with two attached hydrogens (primary N) is 1. The zero-order valence-corrected chi connectivity index (χ0v) is 8.11. The van der Waals surface area contributed by atoms with Gasteiger partial charge in [0.05, 0.1) is 5.69 Å². The van der Waals surface area contributed by atoms with Gasteiger partial charge in [-0.15, -0.1) is 0 Å². The van der Waals surface area contributed by atoms with E-state index in [9.17, 15) is 4.39 Å². The summed E-state index contributed by atoms with van der Waals surface area (Å²) in [6.07, 6.45) is 2.01. The van der Waals surface area contributed by atoms with Gasteiger partial charge in [0.2, 0.25) is 0 Å². The van der Waals surface area contributed by atoms with E-state index in [0.29, 0.717) is 24.6 Å². The SMILES string of the molecule is NCc1coc(Cc2cccc(F)c2)n1. The molecule has 1 aromatic heterocycles. The molecule has 0 saturated carbocycles. The second kappa shape index (κ2) is 4.23. The summed E-state index contributed by atoms with van der Waals surface area (Å²) in [7, 11) is 0. The molecule has 0 bridgehead atoms. The first kappa shape index (κ1) is 9.86. The van der Waals surface area contributed by atoms with Gasteiger partial charge in [-0.05, 0) is 17.7 Å². The Bertz CT molecular complexity index is 453. The number of nitrogens with zero attached hydrogens (tertiary/aromatic N) is 1. The molecule has 0 amide bonds. The highest BCUT2D eigenvalue weighted by Crippen LogP contribution is 2.10. The van der Waals surface area contributed by atoms with Crippen molar-refractivity contribution < 1.29 is 8.81 Å². The predicted octanol–water partition coefficient (Wildman–Crippen LogP) is 1.86. The lowest BCUT2D eigenvalue weighted by molar-refractivity contribution is 0.505. The highest BCUT2D eigenvalue weighted by Gasteiger charge is 2.04. The van der Waals surface area contributed by atoms with Crippen LogP contribution in [0.2, 0.25) is 0 Å². The van der Waals surface area contributed by atoms with Crippen LogP contribution in [0.25, 0.3) is 0 Å². The van der Waals surface area contributed by atoms with Gasteiger partial charge in [-0.25, -0.2) is 9.37 Å². The van der Waals surface area contributed by atoms with Crippen LogP contribution in [0.15, 0.2) is 34.9 Å². The summed E-state index contributed by atoms with van der Waals surface area (Å²) < 4.78 is 18.1. The summed E-state index contributed by atoms with van der Waals surface area (Å²) in [6.45, 7) is 0.354. The van der Waals surface area contributed by atoms with Crippen molar-refractivity contribution in [3.8, 4) is 0 Å². The van der Waals surface area contributed by atoms with Gasteiger partial charge in [-0.2, -0.15) is 0 Å². The van der Waals surface area contributed by atoms with Crippen molar-refractivity contribution in [3.63, 3.8) is 0 Å². The molecule has 0 radical (unpaired) electrons. The van der Waals surface area contributed by atoms with Crippen LogP contribution in [0, 0.1) is 5.82 Å². The smallest absolute Gasteiger partial charge is 0.198 e. The van der Waals surface area contributed by atoms with Crippen LogP contribution in [0.3, 0.4) is 0 Å². The van der Waals surface area contributed by atoms with Gasteiger partial charge in [-0.1, -0.05) is 12.1 Å². The van der Waals surface area contributed by atoms with Crippen molar-refractivity contribution >= 4 is 0 Å². The van der Waals surface area contributed by atoms with Crippen molar-refractivity contribution in [2.45, 2.75) is 13.0 Å². The van der Waals surface area contributed by atoms with Crippen LogP contribution in [-0.4, -0.2) is 4.98 Å². The average molecular weight is 206 g/mol. The first-order chi connectivity index (χ1) is 7.28. The number of oxazole rings is 1. The Balaban J connectivity index is 2.14. The van der Waals surface area contributed by atoms with Crippen LogP contribution in [-0.2, 0) is 13.0 Å². The average Bonchev–Trinajstić information content (AvgIpc) is 2.65. The van der Waals surface area contributed by atoms with E-state index in [-0.39, 0.29) is 5.82 Å². The minimum absolute atomic E-state index is 0.252. The van der Waals surface area contributed by atoms with E-state index in [1.165, 1.54) is 18.4 Å². The quantitative estimate of drug-likeness (QED) is 0.833. The number of halogens is 1. The number of aromatic nitrogens is 1. The number of hydrogen-bond acceptors (Lipinski definition) is 3. The Hall–Kier alpha value is -1.68. The highest BCUT2D eigenvalue weighted by molar-refractivity contribution is 5.19. The summed E-state index contributed by atoms with van der Waals surface area (Å²) in [5, 5.41) is 0. The fourth-order valence-electron chi connectivity index (χ4n) is 1.35. The van der Waals surface area contributed by atoms with Crippen molar-refractivity contribution in [3.05, 3.63) is 53.5 Å². The molecular weight excluding hydrogens is 195 g/mol. The van der Waals surface area contributed by atoms with Crippen LogP contribution in [0.1, 0.15) is 17.1 Å². The normalized spacial score (nSPS) is 10.5. The number of benzene rings is 1. The van der Waals surface area contributed by atoms with E-state index in [1.54, 1.807) is 6.07 Å². The molecule has 0 aliphatic heterocycles. The van der Waals surface area contributed by atoms with Crippen LogP contribution in [0.5, 0.6) is 0 Å². The Morgan fingerprint density at radius 2 is 2.27 bits per heavy atom. The largest absolute Gasteiger partial charge is 0.448 e. The van der Waals surface area contributed by atoms with E-state index in [0.717, 1.165) is 5.56 Å². The molecule has 0 unspecified atom stereocenters. The molecule has 0 atom stereocenters. The fraction of sp³-hybridized carbons (Fsp3) is 0.182. The van der Waals surface area contributed by atoms with E-state index < -0.39 is 0 Å². The molecule has 78 valence electrons. The topological polar surface area (TPSA) is 52.0 Å². The third-order valence-electron chi connectivity index (χ3n) is 2.05. The molecule has 4 heteroatoms. The van der Waals surface area contributed by atoms with E-state index in [2.05, 4.69) is 4.98 Å². The molecule has 0 aliphatic rings. The third kappa shape index (κ3) is 2.41. The third-order valence-corrected chi connectivity index (χ3v) is 2.05. The molecular formula is C11H11FN2O. The van der Waals surface area contributed by atoms with Gasteiger partial charge in [-0.3, -0.25) is 0 Å². The second-order valence-electron chi connectivity index (χ2n) is 3.24. The summed E-state index contributed by atoms with van der Waals surface area (Å²) >= 11 is 0. The molecule has 1 heterocycles. The maximum absolute atomic E-state index is 12.9. The van der Waals surface area contributed by atoms with E-state index in [1.807, 2.05) is 6.07 Å². The molecule has 0 saturated heterocycles. The van der Waals surface area contributed by atoms with Gasteiger partial charge >= 0.3 is 0 Å². The van der Waals surface area contributed by atoms with Gasteiger partial charge in [0.25, 0.3) is 0 Å². The molecule has 2 aromatic rings. The first-order valence-corrected chi connectivity index (χ1v) is 4.65. The number of rotatable bonds is 3. The Morgan fingerprint density at radius 3 is 2.93 bits per heavy atom. The zero-order chi connectivity index (χ0) is 10.7. The maximum atomic E-state index is 12.9.